The van der Waals surface area contributed by atoms with E-state index < -0.39 is 11.9 Å². The molecule has 1 heterocycles. The van der Waals surface area contributed by atoms with E-state index in [1.165, 1.54) is 0 Å². The van der Waals surface area contributed by atoms with Gasteiger partial charge in [0, 0.05) is 13.2 Å². The number of rotatable bonds is 4. The maximum atomic E-state index is 11.7. The normalized spacial score (nSPS) is 10.1. The number of para-hydroxylation sites is 1. The maximum absolute atomic E-state index is 11.7. The van der Waals surface area contributed by atoms with Crippen LogP contribution in [0.3, 0.4) is 0 Å². The number of carbonyl (C=O) groups excluding carboxylic acids is 2. The van der Waals surface area contributed by atoms with Gasteiger partial charge in [0.05, 0.1) is 10.7 Å². The standard InChI is InChI=1S/C14H13ClN2O3/c1-17-8-4-7-12(17)14(19)20-9-13(18)16-11-6-3-2-5-10(11)15/h2-8H,9H2,1H3,(H,16,18). The molecule has 1 aromatic carbocycles. The van der Waals surface area contributed by atoms with E-state index in [-0.39, 0.29) is 6.61 Å². The molecule has 0 fully saturated rings. The molecule has 2 rings (SSSR count). The summed E-state index contributed by atoms with van der Waals surface area (Å²) in [5.41, 5.74) is 0.865. The molecule has 0 atom stereocenters. The van der Waals surface area contributed by atoms with Gasteiger partial charge in [0.25, 0.3) is 5.91 Å². The number of nitrogens with one attached hydrogen (secondary N) is 1. The third-order valence-corrected chi connectivity index (χ3v) is 2.96. The zero-order valence-corrected chi connectivity index (χ0v) is 11.6. The second-order valence-electron chi connectivity index (χ2n) is 4.11. The van der Waals surface area contributed by atoms with Crippen LogP contribution in [0.15, 0.2) is 42.6 Å². The number of hydrogen-bond acceptors (Lipinski definition) is 3. The van der Waals surface area contributed by atoms with Crippen molar-refractivity contribution in [1.82, 2.24) is 4.57 Å². The number of nitrogens with zero attached hydrogens (tertiary/aromatic N) is 1. The summed E-state index contributed by atoms with van der Waals surface area (Å²) in [6.07, 6.45) is 1.72. The molecule has 6 heteroatoms. The number of aromatic nitrogens is 1. The molecule has 2 aromatic rings. The first-order valence-corrected chi connectivity index (χ1v) is 6.28. The lowest BCUT2D eigenvalue weighted by atomic mass is 10.3. The van der Waals surface area contributed by atoms with Crippen molar-refractivity contribution in [3.05, 3.63) is 53.3 Å². The van der Waals surface area contributed by atoms with Gasteiger partial charge in [0.15, 0.2) is 6.61 Å². The largest absolute Gasteiger partial charge is 0.451 e. The predicted molar refractivity (Wildman–Crippen MR) is 75.8 cm³/mol. The van der Waals surface area contributed by atoms with E-state index in [1.807, 2.05) is 0 Å². The van der Waals surface area contributed by atoms with Crippen LogP contribution in [0.1, 0.15) is 10.5 Å². The quantitative estimate of drug-likeness (QED) is 0.881. The summed E-state index contributed by atoms with van der Waals surface area (Å²) in [6, 6.07) is 10.2. The number of carbonyl (C=O) groups is 2. The van der Waals surface area contributed by atoms with Crippen molar-refractivity contribution in [3.8, 4) is 0 Å². The molecular formula is C14H13ClN2O3. The summed E-state index contributed by atoms with van der Waals surface area (Å²) in [7, 11) is 1.72. The Morgan fingerprint density at radius 1 is 1.25 bits per heavy atom. The fourth-order valence-electron chi connectivity index (χ4n) is 1.63. The van der Waals surface area contributed by atoms with E-state index in [0.29, 0.717) is 16.4 Å². The number of esters is 1. The molecule has 104 valence electrons. The van der Waals surface area contributed by atoms with Crippen LogP contribution in [-0.2, 0) is 16.6 Å². The number of aryl methyl sites for hydroxylation is 1. The number of benzene rings is 1. The number of ether oxygens (including phenoxy) is 1. The van der Waals surface area contributed by atoms with E-state index in [9.17, 15) is 9.59 Å². The SMILES string of the molecule is Cn1cccc1C(=O)OCC(=O)Nc1ccccc1Cl. The van der Waals surface area contributed by atoms with Crippen LogP contribution in [0.4, 0.5) is 5.69 Å². The van der Waals surface area contributed by atoms with Crippen LogP contribution in [0.5, 0.6) is 0 Å². The summed E-state index contributed by atoms with van der Waals surface area (Å²) in [5.74, 6) is -0.993. The van der Waals surface area contributed by atoms with Crippen molar-refractivity contribution in [3.63, 3.8) is 0 Å². The van der Waals surface area contributed by atoms with E-state index in [1.54, 1.807) is 54.2 Å². The first kappa shape index (κ1) is 14.1. The molecule has 5 nitrogen and oxygen atoms in total. The van der Waals surface area contributed by atoms with Gasteiger partial charge in [-0.2, -0.15) is 0 Å². The molecule has 0 unspecified atom stereocenters. The third kappa shape index (κ3) is 3.39. The Morgan fingerprint density at radius 2 is 2.00 bits per heavy atom. The van der Waals surface area contributed by atoms with E-state index in [4.69, 9.17) is 16.3 Å². The van der Waals surface area contributed by atoms with Crippen molar-refractivity contribution in [2.75, 3.05) is 11.9 Å². The van der Waals surface area contributed by atoms with Crippen molar-refractivity contribution in [2.45, 2.75) is 0 Å². The summed E-state index contributed by atoms with van der Waals surface area (Å²) in [6.45, 7) is -0.366. The molecule has 20 heavy (non-hydrogen) atoms. The Morgan fingerprint density at radius 3 is 2.65 bits per heavy atom. The summed E-state index contributed by atoms with van der Waals surface area (Å²) >= 11 is 5.91. The zero-order chi connectivity index (χ0) is 14.5. The number of halogens is 1. The molecule has 0 saturated heterocycles. The summed E-state index contributed by atoms with van der Waals surface area (Å²) in [5, 5.41) is 3.00. The lowest BCUT2D eigenvalue weighted by molar-refractivity contribution is -0.119. The smallest absolute Gasteiger partial charge is 0.355 e. The molecule has 1 aromatic heterocycles. The second kappa shape index (κ2) is 6.25. The second-order valence-corrected chi connectivity index (χ2v) is 4.52. The van der Waals surface area contributed by atoms with Crippen LogP contribution in [0.2, 0.25) is 5.02 Å². The first-order valence-electron chi connectivity index (χ1n) is 5.91. The van der Waals surface area contributed by atoms with E-state index in [2.05, 4.69) is 5.32 Å². The Bertz CT molecular complexity index is 637. The maximum Gasteiger partial charge on any atom is 0.355 e. The monoisotopic (exact) mass is 292 g/mol. The summed E-state index contributed by atoms with van der Waals surface area (Å²) in [4.78, 5) is 23.4. The Hall–Kier alpha value is -2.27. The van der Waals surface area contributed by atoms with Gasteiger partial charge in [-0.25, -0.2) is 4.79 Å². The highest BCUT2D eigenvalue weighted by atomic mass is 35.5. The predicted octanol–water partition coefficient (Wildman–Crippen LogP) is 2.47. The Kier molecular flexibility index (Phi) is 4.42. The topological polar surface area (TPSA) is 60.3 Å². The van der Waals surface area contributed by atoms with Gasteiger partial charge in [0.1, 0.15) is 5.69 Å². The lowest BCUT2D eigenvalue weighted by Crippen LogP contribution is -2.21. The van der Waals surface area contributed by atoms with Gasteiger partial charge in [-0.05, 0) is 24.3 Å². The fourth-order valence-corrected chi connectivity index (χ4v) is 1.81. The molecule has 0 aliphatic heterocycles. The minimum Gasteiger partial charge on any atom is -0.451 e. The zero-order valence-electron chi connectivity index (χ0n) is 10.8. The lowest BCUT2D eigenvalue weighted by Gasteiger charge is -2.08. The van der Waals surface area contributed by atoms with Gasteiger partial charge >= 0.3 is 5.97 Å². The van der Waals surface area contributed by atoms with Gasteiger partial charge in [-0.3, -0.25) is 4.79 Å². The molecule has 0 aliphatic rings. The summed E-state index contributed by atoms with van der Waals surface area (Å²) < 4.78 is 6.55. The average molecular weight is 293 g/mol. The van der Waals surface area contributed by atoms with Crippen LogP contribution >= 0.6 is 11.6 Å². The Labute approximate surface area is 121 Å². The minimum absolute atomic E-state index is 0.366. The van der Waals surface area contributed by atoms with Gasteiger partial charge < -0.3 is 14.6 Å². The van der Waals surface area contributed by atoms with Gasteiger partial charge in [0.2, 0.25) is 0 Å². The molecule has 1 amide bonds. The third-order valence-electron chi connectivity index (χ3n) is 2.64. The van der Waals surface area contributed by atoms with Crippen LogP contribution < -0.4 is 5.32 Å². The molecule has 0 saturated carbocycles. The molecule has 0 radical (unpaired) electrons. The Balaban J connectivity index is 1.89. The highest BCUT2D eigenvalue weighted by Crippen LogP contribution is 2.20. The number of amides is 1. The average Bonchev–Trinajstić information content (AvgIpc) is 2.85. The van der Waals surface area contributed by atoms with Gasteiger partial charge in [-0.15, -0.1) is 0 Å². The van der Waals surface area contributed by atoms with E-state index >= 15 is 0 Å². The molecular weight excluding hydrogens is 280 g/mol. The fraction of sp³-hybridized carbons (Fsp3) is 0.143. The van der Waals surface area contributed by atoms with Crippen molar-refractivity contribution < 1.29 is 14.3 Å². The van der Waals surface area contributed by atoms with Crippen LogP contribution in [0, 0.1) is 0 Å². The van der Waals surface area contributed by atoms with Crippen LogP contribution in [0.25, 0.3) is 0 Å². The van der Waals surface area contributed by atoms with Crippen molar-refractivity contribution in [2.24, 2.45) is 7.05 Å². The van der Waals surface area contributed by atoms with Crippen LogP contribution in [-0.4, -0.2) is 23.1 Å². The molecule has 0 spiro atoms. The highest BCUT2D eigenvalue weighted by Gasteiger charge is 2.13. The first-order chi connectivity index (χ1) is 9.58. The van der Waals surface area contributed by atoms with Crippen molar-refractivity contribution in [1.29, 1.82) is 0 Å². The van der Waals surface area contributed by atoms with E-state index in [0.717, 1.165) is 0 Å². The molecule has 1 N–H and O–H groups in total. The molecule has 0 aliphatic carbocycles. The number of anilines is 1. The molecule has 0 bridgehead atoms. The number of hydrogen-bond donors (Lipinski definition) is 1. The highest BCUT2D eigenvalue weighted by molar-refractivity contribution is 6.33. The van der Waals surface area contributed by atoms with Crippen molar-refractivity contribution >= 4 is 29.2 Å². The minimum atomic E-state index is -0.549. The van der Waals surface area contributed by atoms with Gasteiger partial charge in [-0.1, -0.05) is 23.7 Å².